The standard InChI is InChI=1S/C16H17BrN2O/c1-11(12-5-3-2-4-6-12)15(16(18)20)19-14-9-7-13(17)8-10-14/h2-11,15,19H,1H3,(H2,18,20). The molecule has 0 heterocycles. The van der Waals surface area contributed by atoms with Gasteiger partial charge in [-0.2, -0.15) is 0 Å². The zero-order valence-electron chi connectivity index (χ0n) is 11.2. The summed E-state index contributed by atoms with van der Waals surface area (Å²) in [6, 6.07) is 17.1. The van der Waals surface area contributed by atoms with Crippen LogP contribution in [0.5, 0.6) is 0 Å². The van der Waals surface area contributed by atoms with Crippen LogP contribution in [-0.2, 0) is 4.79 Å². The van der Waals surface area contributed by atoms with Crippen LogP contribution in [-0.4, -0.2) is 11.9 Å². The number of hydrogen-bond acceptors (Lipinski definition) is 2. The Morgan fingerprint density at radius 2 is 1.70 bits per heavy atom. The van der Waals surface area contributed by atoms with Crippen molar-refractivity contribution in [1.29, 1.82) is 0 Å². The second-order valence-electron chi connectivity index (χ2n) is 4.73. The molecule has 2 unspecified atom stereocenters. The summed E-state index contributed by atoms with van der Waals surface area (Å²) < 4.78 is 0.995. The zero-order valence-corrected chi connectivity index (χ0v) is 12.8. The molecular formula is C16H17BrN2O. The highest BCUT2D eigenvalue weighted by molar-refractivity contribution is 9.10. The number of anilines is 1. The molecule has 1 amide bonds. The summed E-state index contributed by atoms with van der Waals surface area (Å²) in [7, 11) is 0. The van der Waals surface area contributed by atoms with E-state index in [9.17, 15) is 4.79 Å². The first-order chi connectivity index (χ1) is 9.58. The van der Waals surface area contributed by atoms with Gasteiger partial charge in [-0.25, -0.2) is 0 Å². The molecule has 104 valence electrons. The van der Waals surface area contributed by atoms with Crippen LogP contribution in [0.2, 0.25) is 0 Å². The molecule has 0 saturated heterocycles. The summed E-state index contributed by atoms with van der Waals surface area (Å²) in [5.74, 6) is -0.360. The molecule has 2 aromatic rings. The molecule has 0 bridgehead atoms. The molecule has 0 fully saturated rings. The van der Waals surface area contributed by atoms with Crippen LogP contribution in [0.3, 0.4) is 0 Å². The predicted molar refractivity (Wildman–Crippen MR) is 85.6 cm³/mol. The number of nitrogens with one attached hydrogen (secondary N) is 1. The van der Waals surface area contributed by atoms with Crippen molar-refractivity contribution in [2.45, 2.75) is 18.9 Å². The lowest BCUT2D eigenvalue weighted by molar-refractivity contribution is -0.119. The van der Waals surface area contributed by atoms with Gasteiger partial charge in [-0.05, 0) is 29.8 Å². The van der Waals surface area contributed by atoms with E-state index in [1.165, 1.54) is 0 Å². The van der Waals surface area contributed by atoms with Gasteiger partial charge in [-0.15, -0.1) is 0 Å². The highest BCUT2D eigenvalue weighted by atomic mass is 79.9. The number of rotatable bonds is 5. The van der Waals surface area contributed by atoms with Crippen molar-refractivity contribution in [3.05, 3.63) is 64.6 Å². The van der Waals surface area contributed by atoms with Crippen molar-refractivity contribution < 1.29 is 4.79 Å². The summed E-state index contributed by atoms with van der Waals surface area (Å²) in [4.78, 5) is 11.7. The van der Waals surface area contributed by atoms with Crippen molar-refractivity contribution in [2.24, 2.45) is 5.73 Å². The molecule has 0 aliphatic carbocycles. The van der Waals surface area contributed by atoms with Gasteiger partial charge in [0.2, 0.25) is 5.91 Å². The molecule has 20 heavy (non-hydrogen) atoms. The third-order valence-corrected chi connectivity index (χ3v) is 3.83. The Morgan fingerprint density at radius 3 is 2.25 bits per heavy atom. The van der Waals surface area contributed by atoms with Crippen molar-refractivity contribution in [1.82, 2.24) is 0 Å². The number of nitrogens with two attached hydrogens (primary N) is 1. The maximum atomic E-state index is 11.7. The lowest BCUT2D eigenvalue weighted by Crippen LogP contribution is -2.39. The normalized spacial score (nSPS) is 13.5. The number of benzene rings is 2. The van der Waals surface area contributed by atoms with E-state index in [1.54, 1.807) is 0 Å². The molecule has 0 spiro atoms. The fourth-order valence-electron chi connectivity index (χ4n) is 2.12. The minimum absolute atomic E-state index is 0.00246. The largest absolute Gasteiger partial charge is 0.373 e. The van der Waals surface area contributed by atoms with E-state index in [2.05, 4.69) is 21.2 Å². The lowest BCUT2D eigenvalue weighted by atomic mass is 9.92. The summed E-state index contributed by atoms with van der Waals surface area (Å²) >= 11 is 3.39. The predicted octanol–water partition coefficient (Wildman–Crippen LogP) is 3.52. The van der Waals surface area contributed by atoms with Crippen LogP contribution in [0, 0.1) is 0 Å². The monoisotopic (exact) mass is 332 g/mol. The fraction of sp³-hybridized carbons (Fsp3) is 0.188. The molecule has 2 atom stereocenters. The van der Waals surface area contributed by atoms with Gasteiger partial charge in [-0.1, -0.05) is 53.2 Å². The summed E-state index contributed by atoms with van der Waals surface area (Å²) in [6.07, 6.45) is 0. The van der Waals surface area contributed by atoms with Crippen molar-refractivity contribution in [2.75, 3.05) is 5.32 Å². The van der Waals surface area contributed by atoms with E-state index >= 15 is 0 Å². The van der Waals surface area contributed by atoms with Gasteiger partial charge >= 0.3 is 0 Å². The number of primary amides is 1. The topological polar surface area (TPSA) is 55.1 Å². The molecule has 2 rings (SSSR count). The van der Waals surface area contributed by atoms with Crippen molar-refractivity contribution >= 4 is 27.5 Å². The Bertz CT molecular complexity index is 569. The Morgan fingerprint density at radius 1 is 1.10 bits per heavy atom. The third kappa shape index (κ3) is 3.61. The van der Waals surface area contributed by atoms with Crippen LogP contribution in [0.1, 0.15) is 18.4 Å². The van der Waals surface area contributed by atoms with Gasteiger partial charge in [0.05, 0.1) is 0 Å². The second-order valence-corrected chi connectivity index (χ2v) is 5.65. The number of carbonyl (C=O) groups excluding carboxylic acids is 1. The smallest absolute Gasteiger partial charge is 0.240 e. The highest BCUT2D eigenvalue weighted by Crippen LogP contribution is 2.23. The number of hydrogen-bond donors (Lipinski definition) is 2. The Balaban J connectivity index is 2.19. The molecule has 4 heteroatoms. The van der Waals surface area contributed by atoms with Crippen LogP contribution in [0.15, 0.2) is 59.1 Å². The molecule has 0 aliphatic heterocycles. The summed E-state index contributed by atoms with van der Waals surface area (Å²) in [5, 5.41) is 3.21. The average molecular weight is 333 g/mol. The maximum absolute atomic E-state index is 11.7. The molecule has 3 N–H and O–H groups in total. The minimum Gasteiger partial charge on any atom is -0.373 e. The molecule has 0 aromatic heterocycles. The quantitative estimate of drug-likeness (QED) is 0.880. The van der Waals surface area contributed by atoms with E-state index in [-0.39, 0.29) is 11.8 Å². The van der Waals surface area contributed by atoms with E-state index in [0.717, 1.165) is 15.7 Å². The van der Waals surface area contributed by atoms with E-state index < -0.39 is 6.04 Å². The van der Waals surface area contributed by atoms with E-state index in [0.29, 0.717) is 0 Å². The van der Waals surface area contributed by atoms with Gasteiger partial charge in [-0.3, -0.25) is 4.79 Å². The Labute approximate surface area is 127 Å². The highest BCUT2D eigenvalue weighted by Gasteiger charge is 2.23. The molecule has 2 aromatic carbocycles. The van der Waals surface area contributed by atoms with Crippen molar-refractivity contribution in [3.8, 4) is 0 Å². The van der Waals surface area contributed by atoms with Gasteiger partial charge < -0.3 is 11.1 Å². The van der Waals surface area contributed by atoms with Gasteiger partial charge in [0.25, 0.3) is 0 Å². The first-order valence-corrected chi connectivity index (χ1v) is 7.23. The third-order valence-electron chi connectivity index (χ3n) is 3.30. The van der Waals surface area contributed by atoms with Gasteiger partial charge in [0.1, 0.15) is 6.04 Å². The number of amides is 1. The number of halogens is 1. The Kier molecular flexibility index (Phi) is 4.79. The summed E-state index contributed by atoms with van der Waals surface area (Å²) in [6.45, 7) is 2.00. The second kappa shape index (κ2) is 6.57. The SMILES string of the molecule is CC(c1ccccc1)C(Nc1ccc(Br)cc1)C(N)=O. The zero-order chi connectivity index (χ0) is 14.5. The Hall–Kier alpha value is -1.81. The molecule has 0 aliphatic rings. The number of carbonyl (C=O) groups is 1. The van der Waals surface area contributed by atoms with E-state index in [4.69, 9.17) is 5.73 Å². The van der Waals surface area contributed by atoms with Gasteiger partial charge in [0, 0.05) is 16.1 Å². The van der Waals surface area contributed by atoms with Crippen molar-refractivity contribution in [3.63, 3.8) is 0 Å². The molecule has 0 saturated carbocycles. The first-order valence-electron chi connectivity index (χ1n) is 6.44. The van der Waals surface area contributed by atoms with Crippen LogP contribution in [0.25, 0.3) is 0 Å². The molecule has 3 nitrogen and oxygen atoms in total. The average Bonchev–Trinajstić information content (AvgIpc) is 2.46. The van der Waals surface area contributed by atoms with Crippen LogP contribution < -0.4 is 11.1 Å². The van der Waals surface area contributed by atoms with Gasteiger partial charge in [0.15, 0.2) is 0 Å². The van der Waals surface area contributed by atoms with Crippen LogP contribution >= 0.6 is 15.9 Å². The molecule has 0 radical (unpaired) electrons. The summed E-state index contributed by atoms with van der Waals surface area (Å²) in [5.41, 5.74) is 7.50. The van der Waals surface area contributed by atoms with Crippen LogP contribution in [0.4, 0.5) is 5.69 Å². The molecular weight excluding hydrogens is 316 g/mol. The fourth-order valence-corrected chi connectivity index (χ4v) is 2.38. The van der Waals surface area contributed by atoms with E-state index in [1.807, 2.05) is 61.5 Å². The minimum atomic E-state index is -0.446. The lowest BCUT2D eigenvalue weighted by Gasteiger charge is -2.23. The maximum Gasteiger partial charge on any atom is 0.240 e. The first kappa shape index (κ1) is 14.6.